The fourth-order valence-electron chi connectivity index (χ4n) is 15.9. The summed E-state index contributed by atoms with van der Waals surface area (Å²) in [4.78, 5) is 29.4. The van der Waals surface area contributed by atoms with Gasteiger partial charge in [0.2, 0.25) is 11.8 Å². The highest BCUT2D eigenvalue weighted by molar-refractivity contribution is 5.89. The molecular formula is C38H58N2O2. The zero-order chi connectivity index (χ0) is 28.9. The van der Waals surface area contributed by atoms with E-state index in [9.17, 15) is 9.59 Å². The van der Waals surface area contributed by atoms with E-state index in [4.69, 9.17) is 0 Å². The Morgan fingerprint density at radius 2 is 0.786 bits per heavy atom. The smallest absolute Gasteiger partial charge is 0.226 e. The van der Waals surface area contributed by atoms with Gasteiger partial charge in [-0.3, -0.25) is 9.59 Å². The van der Waals surface area contributed by atoms with Crippen LogP contribution in [0.25, 0.3) is 0 Å². The van der Waals surface area contributed by atoms with E-state index in [2.05, 4.69) is 38.3 Å². The van der Waals surface area contributed by atoms with E-state index < -0.39 is 0 Å². The summed E-state index contributed by atoms with van der Waals surface area (Å²) in [6, 6.07) is 0. The van der Waals surface area contributed by atoms with E-state index in [0.717, 1.165) is 55.8 Å². The van der Waals surface area contributed by atoms with E-state index in [1.807, 2.05) is 0 Å². The first-order chi connectivity index (χ1) is 19.9. The molecule has 0 radical (unpaired) electrons. The van der Waals surface area contributed by atoms with Gasteiger partial charge in [-0.05, 0) is 174 Å². The Labute approximate surface area is 255 Å². The monoisotopic (exact) mass is 574 g/mol. The minimum Gasteiger partial charge on any atom is -0.350 e. The second-order valence-electron chi connectivity index (χ2n) is 19.9. The van der Waals surface area contributed by atoms with E-state index in [1.54, 1.807) is 0 Å². The van der Waals surface area contributed by atoms with Crippen molar-refractivity contribution in [3.05, 3.63) is 0 Å². The summed E-state index contributed by atoms with van der Waals surface area (Å²) in [6.07, 6.45) is 21.8. The van der Waals surface area contributed by atoms with Crippen molar-refractivity contribution in [2.45, 2.75) is 154 Å². The number of hydrogen-bond donors (Lipinski definition) is 2. The van der Waals surface area contributed by atoms with Crippen LogP contribution in [0.3, 0.4) is 0 Å². The molecule has 12 rings (SSSR count). The molecule has 4 unspecified atom stereocenters. The Kier molecular flexibility index (Phi) is 5.45. The van der Waals surface area contributed by atoms with Crippen LogP contribution >= 0.6 is 0 Å². The number of nitrogens with one attached hydrogen (secondary N) is 2. The summed E-state index contributed by atoms with van der Waals surface area (Å²) >= 11 is 0. The molecular weight excluding hydrogens is 516 g/mol. The molecule has 42 heavy (non-hydrogen) atoms. The van der Waals surface area contributed by atoms with Gasteiger partial charge in [-0.1, -0.05) is 27.7 Å². The first-order valence-electron chi connectivity index (χ1n) is 18.5. The van der Waals surface area contributed by atoms with Crippen molar-refractivity contribution in [3.63, 3.8) is 0 Å². The highest BCUT2D eigenvalue weighted by Gasteiger charge is 2.67. The lowest BCUT2D eigenvalue weighted by atomic mass is 9.42. The molecule has 0 aliphatic heterocycles. The molecule has 12 aliphatic rings. The molecule has 12 fully saturated rings. The van der Waals surface area contributed by atoms with Gasteiger partial charge in [0.25, 0.3) is 0 Å². The summed E-state index contributed by atoms with van der Waals surface area (Å²) in [5, 5.41) is 7.78. The van der Waals surface area contributed by atoms with Crippen molar-refractivity contribution in [1.29, 1.82) is 0 Å². The molecule has 12 aliphatic carbocycles. The lowest BCUT2D eigenvalue weighted by Gasteiger charge is -2.66. The molecule has 0 heterocycles. The number of carbonyl (C=O) groups is 2. The van der Waals surface area contributed by atoms with Gasteiger partial charge in [-0.2, -0.15) is 0 Å². The van der Waals surface area contributed by atoms with Crippen LogP contribution in [-0.2, 0) is 9.59 Å². The Bertz CT molecular complexity index is 1070. The first-order valence-corrected chi connectivity index (χ1v) is 18.5. The van der Waals surface area contributed by atoms with Crippen molar-refractivity contribution >= 4 is 11.8 Å². The maximum atomic E-state index is 14.7. The quantitative estimate of drug-likeness (QED) is 0.340. The third-order valence-electron chi connectivity index (χ3n) is 16.4. The minimum atomic E-state index is -0.309. The largest absolute Gasteiger partial charge is 0.350 e. The molecule has 0 aromatic carbocycles. The summed E-state index contributed by atoms with van der Waals surface area (Å²) in [6.45, 7) is 9.77. The van der Waals surface area contributed by atoms with Crippen molar-refractivity contribution < 1.29 is 9.59 Å². The zero-order valence-electron chi connectivity index (χ0n) is 27.2. The first kappa shape index (κ1) is 27.3. The van der Waals surface area contributed by atoms with Crippen LogP contribution < -0.4 is 10.6 Å². The van der Waals surface area contributed by atoms with Crippen LogP contribution in [0.2, 0.25) is 0 Å². The van der Waals surface area contributed by atoms with E-state index in [1.165, 1.54) is 83.5 Å². The van der Waals surface area contributed by atoms with Gasteiger partial charge in [-0.15, -0.1) is 0 Å². The molecule has 12 saturated carbocycles. The molecule has 0 spiro atoms. The third-order valence-corrected chi connectivity index (χ3v) is 16.4. The lowest BCUT2D eigenvalue weighted by Crippen LogP contribution is -2.69. The Morgan fingerprint density at radius 1 is 0.476 bits per heavy atom. The van der Waals surface area contributed by atoms with Gasteiger partial charge in [-0.25, -0.2) is 0 Å². The molecule has 4 nitrogen and oxygen atoms in total. The van der Waals surface area contributed by atoms with Gasteiger partial charge in [0, 0.05) is 11.1 Å². The predicted octanol–water partition coefficient (Wildman–Crippen LogP) is 7.80. The second-order valence-corrected chi connectivity index (χ2v) is 19.9. The van der Waals surface area contributed by atoms with Gasteiger partial charge < -0.3 is 10.6 Å². The van der Waals surface area contributed by atoms with Gasteiger partial charge in [0.15, 0.2) is 0 Å². The Morgan fingerprint density at radius 3 is 1.10 bits per heavy atom. The molecule has 0 aromatic heterocycles. The lowest BCUT2D eigenvalue weighted by molar-refractivity contribution is -0.176. The number of rotatable bonds is 6. The number of amides is 2. The van der Waals surface area contributed by atoms with Crippen LogP contribution in [-0.4, -0.2) is 22.9 Å². The fourth-order valence-corrected chi connectivity index (χ4v) is 15.9. The SMILES string of the molecule is CC(C)C12CC3CC(CC(NC(=O)C45CC6CC(C4)CC(C(=O)NC47CC8CC(C4)CC(C(C)C)(C8)C7)(C6)C5)(C3)C1)C2. The zero-order valence-corrected chi connectivity index (χ0v) is 27.2. The Balaban J connectivity index is 0.977. The molecule has 4 atom stereocenters. The van der Waals surface area contributed by atoms with Gasteiger partial charge in [0.05, 0.1) is 10.8 Å². The summed E-state index contributed by atoms with van der Waals surface area (Å²) in [7, 11) is 0. The molecule has 4 heteroatoms. The highest BCUT2D eigenvalue weighted by atomic mass is 16.2. The van der Waals surface area contributed by atoms with Gasteiger partial charge in [0.1, 0.15) is 0 Å². The second kappa shape index (κ2) is 8.39. The average molecular weight is 575 g/mol. The van der Waals surface area contributed by atoms with E-state index >= 15 is 0 Å². The van der Waals surface area contributed by atoms with Crippen LogP contribution in [0.4, 0.5) is 0 Å². The normalized spacial score (nSPS) is 56.0. The van der Waals surface area contributed by atoms with Crippen LogP contribution in [0.5, 0.6) is 0 Å². The standard InChI is InChI=1S/C38H58N2O2/c1-23(2)33-8-27-6-28(9-33)17-37(16-27,21-33)39-31(41)35-12-25-5-26(13-35)15-36(14-25,20-35)32(42)40-38-18-29-7-30(19-38)11-34(10-29,22-38)24(3)4/h23-30H,5-22H2,1-4H3,(H,39,41)(H,40,42). The summed E-state index contributed by atoms with van der Waals surface area (Å²) in [5.74, 6) is 6.45. The van der Waals surface area contributed by atoms with Crippen molar-refractivity contribution in [1.82, 2.24) is 10.6 Å². The molecule has 232 valence electrons. The van der Waals surface area contributed by atoms with Crippen molar-refractivity contribution in [2.75, 3.05) is 0 Å². The average Bonchev–Trinajstić information content (AvgIpc) is 2.85. The topological polar surface area (TPSA) is 58.2 Å². The van der Waals surface area contributed by atoms with Crippen molar-refractivity contribution in [2.24, 2.45) is 69.0 Å². The van der Waals surface area contributed by atoms with Crippen molar-refractivity contribution in [3.8, 4) is 0 Å². The minimum absolute atomic E-state index is 0.0224. The molecule has 2 N–H and O–H groups in total. The van der Waals surface area contributed by atoms with Gasteiger partial charge >= 0.3 is 0 Å². The molecule has 0 aromatic rings. The third kappa shape index (κ3) is 3.71. The van der Waals surface area contributed by atoms with E-state index in [0.29, 0.717) is 46.3 Å². The predicted molar refractivity (Wildman–Crippen MR) is 165 cm³/mol. The summed E-state index contributed by atoms with van der Waals surface area (Å²) < 4.78 is 0. The molecule has 2 amide bonds. The highest BCUT2D eigenvalue weighted by Crippen LogP contribution is 2.69. The number of carbonyl (C=O) groups excluding carboxylic acids is 2. The Hall–Kier alpha value is -1.06. The fraction of sp³-hybridized carbons (Fsp3) is 0.947. The molecule has 12 bridgehead atoms. The summed E-state index contributed by atoms with van der Waals surface area (Å²) in [5.41, 5.74) is 0.298. The maximum absolute atomic E-state index is 14.7. The van der Waals surface area contributed by atoms with E-state index in [-0.39, 0.29) is 21.9 Å². The van der Waals surface area contributed by atoms with Crippen LogP contribution in [0.15, 0.2) is 0 Å². The molecule has 0 saturated heterocycles. The van der Waals surface area contributed by atoms with Crippen LogP contribution in [0, 0.1) is 69.0 Å². The maximum Gasteiger partial charge on any atom is 0.226 e. The van der Waals surface area contributed by atoms with Crippen LogP contribution in [0.1, 0.15) is 143 Å². The number of hydrogen-bond acceptors (Lipinski definition) is 2.